The summed E-state index contributed by atoms with van der Waals surface area (Å²) >= 11 is 5.80. The van der Waals surface area contributed by atoms with E-state index in [4.69, 9.17) is 21.1 Å². The van der Waals surface area contributed by atoms with Crippen molar-refractivity contribution in [3.8, 4) is 5.75 Å². The number of β-amino-alcohol motifs (C(OH)–C–C–N with tert-alkyl or cyclic N) is 1. The summed E-state index contributed by atoms with van der Waals surface area (Å²) in [5.41, 5.74) is 0. The fourth-order valence-corrected chi connectivity index (χ4v) is 2.59. The van der Waals surface area contributed by atoms with Gasteiger partial charge in [0.1, 0.15) is 12.4 Å². The van der Waals surface area contributed by atoms with Crippen LogP contribution in [0, 0.1) is 0 Å². The Balaban J connectivity index is 1.51. The molecule has 1 aromatic carbocycles. The van der Waals surface area contributed by atoms with E-state index in [-0.39, 0.29) is 0 Å². The van der Waals surface area contributed by atoms with Crippen molar-refractivity contribution in [3.05, 3.63) is 29.3 Å². The molecule has 0 aromatic heterocycles. The van der Waals surface area contributed by atoms with E-state index in [2.05, 4.69) is 4.90 Å². The second kappa shape index (κ2) is 9.26. The first-order valence-corrected chi connectivity index (χ1v) is 7.98. The molecular weight excluding hydrogens is 290 g/mol. The number of halogens is 1. The van der Waals surface area contributed by atoms with Crippen LogP contribution in [0.5, 0.6) is 5.75 Å². The zero-order valence-corrected chi connectivity index (χ0v) is 13.1. The lowest BCUT2D eigenvalue weighted by Crippen LogP contribution is -2.38. The monoisotopic (exact) mass is 313 g/mol. The summed E-state index contributed by atoms with van der Waals surface area (Å²) in [7, 11) is 0. The van der Waals surface area contributed by atoms with Gasteiger partial charge < -0.3 is 19.5 Å². The molecule has 1 unspecified atom stereocenters. The molecule has 1 aliphatic heterocycles. The highest BCUT2D eigenvalue weighted by Gasteiger charge is 2.14. The Morgan fingerprint density at radius 2 is 1.81 bits per heavy atom. The van der Waals surface area contributed by atoms with Crippen LogP contribution in [0.3, 0.4) is 0 Å². The zero-order valence-electron chi connectivity index (χ0n) is 12.3. The standard InChI is InChI=1S/C16H24ClNO3/c17-14-4-6-16(7-5-14)21-11-10-20-13-15(19)12-18-8-2-1-3-9-18/h4-7,15,19H,1-3,8-13H2. The van der Waals surface area contributed by atoms with Gasteiger partial charge in [0, 0.05) is 11.6 Å². The second-order valence-corrected chi connectivity index (χ2v) is 5.83. The smallest absolute Gasteiger partial charge is 0.119 e. The largest absolute Gasteiger partial charge is 0.491 e. The second-order valence-electron chi connectivity index (χ2n) is 5.39. The Labute approximate surface area is 131 Å². The predicted molar refractivity (Wildman–Crippen MR) is 84.1 cm³/mol. The average Bonchev–Trinajstić information content (AvgIpc) is 2.50. The summed E-state index contributed by atoms with van der Waals surface area (Å²) in [6.07, 6.45) is 3.37. The van der Waals surface area contributed by atoms with E-state index in [1.165, 1.54) is 19.3 Å². The molecule has 0 aliphatic carbocycles. The molecule has 4 nitrogen and oxygen atoms in total. The molecule has 0 amide bonds. The molecule has 0 saturated carbocycles. The molecule has 0 radical (unpaired) electrons. The van der Waals surface area contributed by atoms with Gasteiger partial charge in [-0.15, -0.1) is 0 Å². The molecule has 1 fully saturated rings. The van der Waals surface area contributed by atoms with Gasteiger partial charge in [-0.3, -0.25) is 0 Å². The highest BCUT2D eigenvalue weighted by molar-refractivity contribution is 6.30. The highest BCUT2D eigenvalue weighted by atomic mass is 35.5. The van der Waals surface area contributed by atoms with E-state index >= 15 is 0 Å². The van der Waals surface area contributed by atoms with Crippen molar-refractivity contribution in [2.24, 2.45) is 0 Å². The zero-order chi connectivity index (χ0) is 14.9. The molecule has 118 valence electrons. The molecule has 0 spiro atoms. The highest BCUT2D eigenvalue weighted by Crippen LogP contribution is 2.15. The van der Waals surface area contributed by atoms with Crippen LogP contribution in [0.25, 0.3) is 0 Å². The maximum Gasteiger partial charge on any atom is 0.119 e. The fraction of sp³-hybridized carbons (Fsp3) is 0.625. The molecule has 1 N–H and O–H groups in total. The van der Waals surface area contributed by atoms with Gasteiger partial charge in [0.05, 0.1) is 19.3 Å². The fourth-order valence-electron chi connectivity index (χ4n) is 2.46. The van der Waals surface area contributed by atoms with Crippen molar-refractivity contribution >= 4 is 11.6 Å². The van der Waals surface area contributed by atoms with Crippen LogP contribution in [-0.4, -0.2) is 55.6 Å². The number of hydrogen-bond acceptors (Lipinski definition) is 4. The van der Waals surface area contributed by atoms with Gasteiger partial charge >= 0.3 is 0 Å². The molecule has 1 aromatic rings. The van der Waals surface area contributed by atoms with Crippen LogP contribution in [0.4, 0.5) is 0 Å². The Morgan fingerprint density at radius 1 is 1.10 bits per heavy atom. The van der Waals surface area contributed by atoms with Crippen molar-refractivity contribution in [1.82, 2.24) is 4.90 Å². The third-order valence-corrected chi connectivity index (χ3v) is 3.79. The van der Waals surface area contributed by atoms with Crippen LogP contribution in [-0.2, 0) is 4.74 Å². The Morgan fingerprint density at radius 3 is 2.52 bits per heavy atom. The number of hydrogen-bond donors (Lipinski definition) is 1. The van der Waals surface area contributed by atoms with Gasteiger partial charge in [0.15, 0.2) is 0 Å². The van der Waals surface area contributed by atoms with Crippen molar-refractivity contribution in [2.45, 2.75) is 25.4 Å². The van der Waals surface area contributed by atoms with Crippen LogP contribution >= 0.6 is 11.6 Å². The van der Waals surface area contributed by atoms with Crippen molar-refractivity contribution < 1.29 is 14.6 Å². The number of ether oxygens (including phenoxy) is 2. The summed E-state index contributed by atoms with van der Waals surface area (Å²) in [5.74, 6) is 0.775. The van der Waals surface area contributed by atoms with Gasteiger partial charge in [0.2, 0.25) is 0 Å². The number of aliphatic hydroxyl groups is 1. The number of likely N-dealkylation sites (tertiary alicyclic amines) is 1. The van der Waals surface area contributed by atoms with Gasteiger partial charge in [-0.1, -0.05) is 18.0 Å². The molecular formula is C16H24ClNO3. The first-order chi connectivity index (χ1) is 10.2. The molecule has 1 heterocycles. The van der Waals surface area contributed by atoms with Gasteiger partial charge in [-0.2, -0.15) is 0 Å². The molecule has 1 aliphatic rings. The minimum atomic E-state index is -0.418. The lowest BCUT2D eigenvalue weighted by molar-refractivity contribution is 0.00533. The van der Waals surface area contributed by atoms with Crippen molar-refractivity contribution in [3.63, 3.8) is 0 Å². The van der Waals surface area contributed by atoms with E-state index < -0.39 is 6.10 Å². The first kappa shape index (κ1) is 16.6. The maximum atomic E-state index is 9.93. The van der Waals surface area contributed by atoms with E-state index in [9.17, 15) is 5.11 Å². The van der Waals surface area contributed by atoms with Gasteiger partial charge in [-0.25, -0.2) is 0 Å². The van der Waals surface area contributed by atoms with E-state index in [0.717, 1.165) is 18.8 Å². The summed E-state index contributed by atoms with van der Waals surface area (Å²) in [4.78, 5) is 2.31. The summed E-state index contributed by atoms with van der Waals surface area (Å²) in [6.45, 7) is 4.20. The summed E-state index contributed by atoms with van der Waals surface area (Å²) < 4.78 is 11.0. The van der Waals surface area contributed by atoms with Crippen LogP contribution in [0.15, 0.2) is 24.3 Å². The molecule has 21 heavy (non-hydrogen) atoms. The van der Waals surface area contributed by atoms with Crippen LogP contribution < -0.4 is 4.74 Å². The number of aliphatic hydroxyl groups excluding tert-OH is 1. The number of benzene rings is 1. The normalized spacial score (nSPS) is 17.6. The van der Waals surface area contributed by atoms with Crippen LogP contribution in [0.1, 0.15) is 19.3 Å². The lowest BCUT2D eigenvalue weighted by Gasteiger charge is -2.28. The van der Waals surface area contributed by atoms with Gasteiger partial charge in [0.25, 0.3) is 0 Å². The average molecular weight is 314 g/mol. The van der Waals surface area contributed by atoms with E-state index in [1.807, 2.05) is 12.1 Å². The summed E-state index contributed by atoms with van der Waals surface area (Å²) in [6, 6.07) is 7.24. The van der Waals surface area contributed by atoms with Crippen molar-refractivity contribution in [2.75, 3.05) is 39.5 Å². The minimum absolute atomic E-state index is 0.362. The molecule has 1 saturated heterocycles. The third kappa shape index (κ3) is 6.66. The molecule has 5 heteroatoms. The topological polar surface area (TPSA) is 41.9 Å². The number of piperidine rings is 1. The van der Waals surface area contributed by atoms with Crippen molar-refractivity contribution in [1.29, 1.82) is 0 Å². The third-order valence-electron chi connectivity index (χ3n) is 3.54. The van der Waals surface area contributed by atoms with E-state index in [0.29, 0.717) is 31.4 Å². The SMILES string of the molecule is OC(COCCOc1ccc(Cl)cc1)CN1CCCCC1. The molecule has 2 rings (SSSR count). The minimum Gasteiger partial charge on any atom is -0.491 e. The Bertz CT molecular complexity index is 393. The Hall–Kier alpha value is -0.810. The number of rotatable bonds is 8. The molecule has 1 atom stereocenters. The van der Waals surface area contributed by atoms with Gasteiger partial charge in [-0.05, 0) is 50.2 Å². The quantitative estimate of drug-likeness (QED) is 0.749. The molecule has 0 bridgehead atoms. The maximum absolute atomic E-state index is 9.93. The first-order valence-electron chi connectivity index (χ1n) is 7.60. The summed E-state index contributed by atoms with van der Waals surface area (Å²) in [5, 5.41) is 10.6. The Kier molecular flexibility index (Phi) is 7.30. The number of nitrogens with zero attached hydrogens (tertiary/aromatic N) is 1. The van der Waals surface area contributed by atoms with E-state index in [1.54, 1.807) is 12.1 Å². The van der Waals surface area contributed by atoms with Crippen LogP contribution in [0.2, 0.25) is 5.02 Å². The predicted octanol–water partition coefficient (Wildman–Crippen LogP) is 2.58. The lowest BCUT2D eigenvalue weighted by atomic mass is 10.1.